The van der Waals surface area contributed by atoms with Gasteiger partial charge in [0.1, 0.15) is 17.7 Å². The summed E-state index contributed by atoms with van der Waals surface area (Å²) in [6.07, 6.45) is 5.66. The third-order valence-electron chi connectivity index (χ3n) is 5.86. The van der Waals surface area contributed by atoms with E-state index in [9.17, 15) is 4.79 Å². The Morgan fingerprint density at radius 1 is 1.27 bits per heavy atom. The smallest absolute Gasteiger partial charge is 0.410 e. The van der Waals surface area contributed by atoms with Crippen molar-refractivity contribution in [1.29, 1.82) is 0 Å². The van der Waals surface area contributed by atoms with Gasteiger partial charge in [0.05, 0.1) is 12.3 Å². The molecule has 1 aromatic rings. The van der Waals surface area contributed by atoms with Crippen LogP contribution in [0.15, 0.2) is 29.4 Å². The molecule has 0 radical (unpaired) electrons. The molecule has 1 saturated heterocycles. The zero-order valence-corrected chi connectivity index (χ0v) is 18.3. The summed E-state index contributed by atoms with van der Waals surface area (Å²) >= 11 is 0. The lowest BCUT2D eigenvalue weighted by Crippen LogP contribution is -2.42. The summed E-state index contributed by atoms with van der Waals surface area (Å²) in [6, 6.07) is 7.54. The van der Waals surface area contributed by atoms with E-state index in [0.717, 1.165) is 55.6 Å². The van der Waals surface area contributed by atoms with Crippen LogP contribution < -0.4 is 21.4 Å². The average molecular weight is 418 g/mol. The van der Waals surface area contributed by atoms with E-state index >= 15 is 0 Å². The Morgan fingerprint density at radius 3 is 2.53 bits per heavy atom. The number of amides is 1. The second-order valence-corrected chi connectivity index (χ2v) is 9.27. The van der Waals surface area contributed by atoms with Crippen molar-refractivity contribution in [1.82, 2.24) is 4.90 Å². The number of carbonyl (C=O) groups excluding carboxylic acids is 1. The molecule has 0 spiro atoms. The van der Waals surface area contributed by atoms with E-state index in [1.165, 1.54) is 17.8 Å². The minimum Gasteiger partial charge on any atom is -0.494 e. The van der Waals surface area contributed by atoms with E-state index in [4.69, 9.17) is 21.2 Å². The number of piperidine rings is 1. The van der Waals surface area contributed by atoms with E-state index in [1.54, 1.807) is 0 Å². The van der Waals surface area contributed by atoms with Crippen molar-refractivity contribution < 1.29 is 14.3 Å². The Morgan fingerprint density at radius 2 is 1.93 bits per heavy atom. The first-order valence-electron chi connectivity index (χ1n) is 10.7. The van der Waals surface area contributed by atoms with Crippen LogP contribution in [0, 0.1) is 17.8 Å². The van der Waals surface area contributed by atoms with Gasteiger partial charge in [0.25, 0.3) is 0 Å². The number of likely N-dealkylation sites (tertiary alicyclic amines) is 1. The lowest BCUT2D eigenvalue weighted by atomic mass is 9.90. The van der Waals surface area contributed by atoms with Crippen molar-refractivity contribution in [3.05, 3.63) is 24.3 Å². The first-order chi connectivity index (χ1) is 14.3. The zero-order valence-electron chi connectivity index (χ0n) is 18.3. The molecule has 1 saturated carbocycles. The minimum absolute atomic E-state index is 0.180. The molecule has 0 bridgehead atoms. The number of nitrogens with two attached hydrogens (primary N) is 2. The second-order valence-electron chi connectivity index (χ2n) is 9.27. The molecule has 30 heavy (non-hydrogen) atoms. The second kappa shape index (κ2) is 9.55. The fourth-order valence-corrected chi connectivity index (χ4v) is 4.20. The van der Waals surface area contributed by atoms with Gasteiger partial charge in [-0.05, 0) is 88.5 Å². The topological polar surface area (TPSA) is 106 Å². The molecule has 8 heteroatoms. The third-order valence-corrected chi connectivity index (χ3v) is 5.86. The van der Waals surface area contributed by atoms with Crippen LogP contribution in [0.1, 0.15) is 46.5 Å². The van der Waals surface area contributed by atoms with E-state index in [1.807, 2.05) is 49.9 Å². The van der Waals surface area contributed by atoms with E-state index in [-0.39, 0.29) is 6.09 Å². The molecular weight excluding hydrogens is 382 g/mol. The van der Waals surface area contributed by atoms with Gasteiger partial charge in [-0.3, -0.25) is 5.01 Å². The van der Waals surface area contributed by atoms with Gasteiger partial charge in [-0.2, -0.15) is 5.10 Å². The maximum atomic E-state index is 12.2. The van der Waals surface area contributed by atoms with Crippen LogP contribution >= 0.6 is 0 Å². The number of nitrogens with zero attached hydrogens (tertiary/aromatic N) is 3. The monoisotopic (exact) mass is 417 g/mol. The normalized spacial score (nSPS) is 22.2. The van der Waals surface area contributed by atoms with Crippen molar-refractivity contribution >= 4 is 18.1 Å². The molecule has 8 nitrogen and oxygen atoms in total. The number of hydrazone groups is 1. The van der Waals surface area contributed by atoms with Gasteiger partial charge in [-0.1, -0.05) is 0 Å². The van der Waals surface area contributed by atoms with Gasteiger partial charge >= 0.3 is 6.09 Å². The van der Waals surface area contributed by atoms with Crippen LogP contribution in [-0.2, 0) is 4.74 Å². The molecule has 2 atom stereocenters. The van der Waals surface area contributed by atoms with Gasteiger partial charge in [0, 0.05) is 13.1 Å². The molecule has 2 fully saturated rings. The molecule has 2 aliphatic rings. The standard InChI is InChI=1S/C22H35N5O3/c1-22(2,3)30-21(28)26-11-8-16(9-12-26)20-14-17(20)10-13-29-19-6-4-18(5-7-19)27(24)15-25-23/h4-7,15-17,20H,8-14,23-24H2,1-3H3/b25-15-/t17-,20-/m1/s1. The Bertz CT molecular complexity index is 723. The predicted octanol–water partition coefficient (Wildman–Crippen LogP) is 3.32. The van der Waals surface area contributed by atoms with Gasteiger partial charge in [-0.25, -0.2) is 10.6 Å². The van der Waals surface area contributed by atoms with E-state index in [0.29, 0.717) is 12.5 Å². The van der Waals surface area contributed by atoms with Crippen LogP contribution in [0.3, 0.4) is 0 Å². The fourth-order valence-electron chi connectivity index (χ4n) is 4.20. The summed E-state index contributed by atoms with van der Waals surface area (Å²) in [7, 11) is 0. The van der Waals surface area contributed by atoms with Crippen LogP contribution in [0.5, 0.6) is 5.75 Å². The molecule has 1 amide bonds. The molecule has 1 aliphatic heterocycles. The summed E-state index contributed by atoms with van der Waals surface area (Å²) in [5, 5.41) is 4.76. The molecule has 1 heterocycles. The summed E-state index contributed by atoms with van der Waals surface area (Å²) in [4.78, 5) is 14.1. The molecule has 3 rings (SSSR count). The van der Waals surface area contributed by atoms with Crippen molar-refractivity contribution in [2.24, 2.45) is 34.5 Å². The maximum Gasteiger partial charge on any atom is 0.410 e. The summed E-state index contributed by atoms with van der Waals surface area (Å²) in [6.45, 7) is 8.05. The largest absolute Gasteiger partial charge is 0.494 e. The molecule has 4 N–H and O–H groups in total. The highest BCUT2D eigenvalue weighted by Crippen LogP contribution is 2.49. The number of rotatable bonds is 7. The molecule has 1 aliphatic carbocycles. The van der Waals surface area contributed by atoms with Crippen molar-refractivity contribution in [2.45, 2.75) is 52.1 Å². The number of hydrazine groups is 1. The fraction of sp³-hybridized carbons (Fsp3) is 0.636. The lowest BCUT2D eigenvalue weighted by Gasteiger charge is -2.33. The number of ether oxygens (including phenoxy) is 2. The number of carbonyl (C=O) groups is 1. The molecule has 0 aromatic heterocycles. The molecule has 1 aromatic carbocycles. The summed E-state index contributed by atoms with van der Waals surface area (Å²) in [5.41, 5.74) is 0.356. The SMILES string of the molecule is CC(C)(C)OC(=O)N1CCC([C@H]2C[C@H]2CCOc2ccc(N(N)/C=N\N)cc2)CC1. The molecular formula is C22H35N5O3. The van der Waals surface area contributed by atoms with Crippen LogP contribution in [0.25, 0.3) is 0 Å². The van der Waals surface area contributed by atoms with Crippen molar-refractivity contribution in [2.75, 3.05) is 24.7 Å². The van der Waals surface area contributed by atoms with Crippen molar-refractivity contribution in [3.8, 4) is 5.75 Å². The Labute approximate surface area is 179 Å². The number of hydrogen-bond donors (Lipinski definition) is 2. The van der Waals surface area contributed by atoms with E-state index in [2.05, 4.69) is 5.10 Å². The average Bonchev–Trinajstić information content (AvgIpc) is 3.47. The first kappa shape index (κ1) is 22.2. The zero-order chi connectivity index (χ0) is 21.7. The van der Waals surface area contributed by atoms with Gasteiger partial charge in [-0.15, -0.1) is 0 Å². The summed E-state index contributed by atoms with van der Waals surface area (Å²) in [5.74, 6) is 13.9. The maximum absolute atomic E-state index is 12.2. The predicted molar refractivity (Wildman–Crippen MR) is 118 cm³/mol. The van der Waals surface area contributed by atoms with Gasteiger partial charge < -0.3 is 20.2 Å². The highest BCUT2D eigenvalue weighted by Gasteiger charge is 2.43. The lowest BCUT2D eigenvalue weighted by molar-refractivity contribution is 0.0174. The minimum atomic E-state index is -0.432. The Balaban J connectivity index is 1.34. The number of hydrogen-bond acceptors (Lipinski definition) is 6. The third kappa shape index (κ3) is 6.26. The van der Waals surface area contributed by atoms with Crippen LogP contribution in [-0.4, -0.2) is 42.6 Å². The molecule has 166 valence electrons. The highest BCUT2D eigenvalue weighted by atomic mass is 16.6. The quantitative estimate of drug-likeness (QED) is 0.305. The van der Waals surface area contributed by atoms with Gasteiger partial charge in [0.2, 0.25) is 0 Å². The first-order valence-corrected chi connectivity index (χ1v) is 10.7. The Kier molecular flexibility index (Phi) is 7.07. The Hall–Kier alpha value is -2.48. The van der Waals surface area contributed by atoms with Gasteiger partial charge in [0.15, 0.2) is 0 Å². The van der Waals surface area contributed by atoms with Crippen LogP contribution in [0.4, 0.5) is 10.5 Å². The highest BCUT2D eigenvalue weighted by molar-refractivity contribution is 5.77. The number of anilines is 1. The van der Waals surface area contributed by atoms with Crippen LogP contribution in [0.2, 0.25) is 0 Å². The van der Waals surface area contributed by atoms with E-state index < -0.39 is 5.60 Å². The molecule has 0 unspecified atom stereocenters. The number of benzene rings is 1. The van der Waals surface area contributed by atoms with Crippen molar-refractivity contribution in [3.63, 3.8) is 0 Å². The summed E-state index contributed by atoms with van der Waals surface area (Å²) < 4.78 is 11.4.